The monoisotopic (exact) mass is 592 g/mol. The van der Waals surface area contributed by atoms with E-state index in [-0.39, 0.29) is 0 Å². The van der Waals surface area contributed by atoms with Crippen LogP contribution >= 0.6 is 10.3 Å². The van der Waals surface area contributed by atoms with Crippen LogP contribution in [0, 0.1) is 0 Å². The fourth-order valence-corrected chi connectivity index (χ4v) is 6.86. The van der Waals surface area contributed by atoms with E-state index >= 15 is 0 Å². The summed E-state index contributed by atoms with van der Waals surface area (Å²) in [5.74, 6) is -0.703. The molecule has 0 unspecified atom stereocenters. The molecule has 0 saturated heterocycles. The van der Waals surface area contributed by atoms with Crippen LogP contribution in [0.25, 0.3) is 0 Å². The Morgan fingerprint density at radius 2 is 0.756 bits per heavy atom. The number of benzene rings is 3. The second-order valence-electron chi connectivity index (χ2n) is 12.5. The third-order valence-corrected chi connectivity index (χ3v) is 8.38. The van der Waals surface area contributed by atoms with Crippen LogP contribution in [0.15, 0.2) is 87.5 Å². The first-order valence-electron chi connectivity index (χ1n) is 13.2. The molecule has 3 aromatic rings. The van der Waals surface area contributed by atoms with E-state index in [9.17, 15) is 18.0 Å². The number of ether oxygens (including phenoxy) is 3. The minimum atomic E-state index is -5.21. The van der Waals surface area contributed by atoms with Crippen LogP contribution in [0.1, 0.15) is 62.3 Å². The number of hydrogen-bond acceptors (Lipinski definition) is 5. The maximum Gasteiger partial charge on any atom is 0.491 e. The molecule has 0 radical (unpaired) electrons. The van der Waals surface area contributed by atoms with Gasteiger partial charge in [0.05, 0.1) is 0 Å². The lowest BCUT2D eigenvalue weighted by Gasteiger charge is -2.40. The molecule has 0 aromatic heterocycles. The molecule has 0 bridgehead atoms. The highest BCUT2D eigenvalue weighted by Crippen LogP contribution is 2.70. The molecule has 5 nitrogen and oxygen atoms in total. The first-order valence-corrected chi connectivity index (χ1v) is 14.8. The summed E-state index contributed by atoms with van der Waals surface area (Å²) >= 11 is 0. The summed E-state index contributed by atoms with van der Waals surface area (Å²) in [6, 6.07) is 19.8. The van der Waals surface area contributed by atoms with E-state index in [1.165, 1.54) is 0 Å². The van der Waals surface area contributed by atoms with Crippen molar-refractivity contribution >= 4 is 16.3 Å². The largest absolute Gasteiger partial charge is 0.491 e. The Morgan fingerprint density at radius 3 is 0.951 bits per heavy atom. The van der Waals surface area contributed by atoms with E-state index in [1.54, 1.807) is 72.8 Å². The van der Waals surface area contributed by atoms with Gasteiger partial charge in [0.25, 0.3) is 0 Å². The van der Waals surface area contributed by atoms with E-state index in [2.05, 4.69) is 0 Å². The van der Waals surface area contributed by atoms with Crippen molar-refractivity contribution in [3.63, 3.8) is 0 Å². The topological polar surface area (TPSA) is 54.0 Å². The van der Waals surface area contributed by atoms with Crippen LogP contribution in [-0.4, -0.2) is 28.9 Å². The summed E-state index contributed by atoms with van der Waals surface area (Å²) in [7, 11) is -3.23. The summed E-state index contributed by atoms with van der Waals surface area (Å²) in [5, 5.41) is 0. The first-order chi connectivity index (χ1) is 18.7. The Hall–Kier alpha value is -3.33. The molecule has 0 amide bonds. The molecule has 0 spiro atoms. The molecule has 0 aliphatic rings. The average molecular weight is 593 g/mol. The number of carbonyl (C=O) groups is 1. The van der Waals surface area contributed by atoms with Crippen molar-refractivity contribution in [3.05, 3.63) is 72.8 Å². The first kappa shape index (κ1) is 32.2. The zero-order valence-corrected chi connectivity index (χ0v) is 25.8. The van der Waals surface area contributed by atoms with Crippen molar-refractivity contribution in [2.24, 2.45) is 0 Å². The molecule has 0 saturated carbocycles. The molecule has 3 rings (SSSR count). The molecular formula is C32H39F3O5S. The van der Waals surface area contributed by atoms with Gasteiger partial charge in [0.15, 0.2) is 0 Å². The number of alkyl halides is 3. The molecule has 3 aromatic carbocycles. The van der Waals surface area contributed by atoms with Gasteiger partial charge in [-0.2, -0.15) is 13.2 Å². The van der Waals surface area contributed by atoms with Gasteiger partial charge in [-0.15, -0.1) is 0 Å². The predicted octanol–water partition coefficient (Wildman–Crippen LogP) is 9.52. The zero-order chi connectivity index (χ0) is 30.9. The highest BCUT2D eigenvalue weighted by molar-refractivity contribution is 8.30. The lowest BCUT2D eigenvalue weighted by atomic mass is 10.2. The van der Waals surface area contributed by atoms with Gasteiger partial charge < -0.3 is 18.4 Å². The van der Waals surface area contributed by atoms with E-state index in [0.29, 0.717) is 31.9 Å². The van der Waals surface area contributed by atoms with Gasteiger partial charge in [0.1, 0.15) is 34.1 Å². The number of halogens is 3. The number of hydrogen-bond donors (Lipinski definition) is 0. The highest BCUT2D eigenvalue weighted by atomic mass is 32.3. The van der Waals surface area contributed by atoms with E-state index < -0.39 is 39.3 Å². The molecule has 0 fully saturated rings. The fourth-order valence-electron chi connectivity index (χ4n) is 3.87. The van der Waals surface area contributed by atoms with E-state index in [0.717, 1.165) is 0 Å². The Bertz CT molecular complexity index is 1170. The standard InChI is InChI=1S/C32H39F3O5S/c1-29(2,3)37-22-10-16-25(17-11-22)41(40-28(36)32(33,34)35,26-18-12-23(13-19-26)38-30(4,5)6)27-20-14-24(15-21-27)39-31(7,8)9/h10-21H,1-9H3. The minimum Gasteiger partial charge on any atom is -0.488 e. The third-order valence-electron chi connectivity index (χ3n) is 5.17. The maximum atomic E-state index is 13.8. The van der Waals surface area contributed by atoms with Crippen molar-refractivity contribution in [2.75, 3.05) is 0 Å². The molecule has 0 heterocycles. The van der Waals surface area contributed by atoms with E-state index in [1.807, 2.05) is 62.3 Å². The Kier molecular flexibility index (Phi) is 9.04. The van der Waals surface area contributed by atoms with Crippen LogP contribution in [0.5, 0.6) is 17.2 Å². The van der Waals surface area contributed by atoms with Gasteiger partial charge >= 0.3 is 12.1 Å². The summed E-state index contributed by atoms with van der Waals surface area (Å²) in [6.45, 7) is 17.0. The lowest BCUT2D eigenvalue weighted by Crippen LogP contribution is -2.27. The minimum absolute atomic E-state index is 0.380. The van der Waals surface area contributed by atoms with Gasteiger partial charge in [0.2, 0.25) is 0 Å². The molecule has 224 valence electrons. The summed E-state index contributed by atoms with van der Waals surface area (Å²) in [5.41, 5.74) is -1.46. The third kappa shape index (κ3) is 8.83. The fraction of sp³-hybridized carbons (Fsp3) is 0.406. The van der Waals surface area contributed by atoms with Crippen LogP contribution in [0.3, 0.4) is 0 Å². The summed E-state index contributed by atoms with van der Waals surface area (Å²) in [4.78, 5) is 13.7. The predicted molar refractivity (Wildman–Crippen MR) is 155 cm³/mol. The van der Waals surface area contributed by atoms with Gasteiger partial charge in [-0.05, 0) is 145 Å². The smallest absolute Gasteiger partial charge is 0.488 e. The van der Waals surface area contributed by atoms with E-state index in [4.69, 9.17) is 18.4 Å². The van der Waals surface area contributed by atoms with Crippen molar-refractivity contribution in [2.45, 2.75) is 100.0 Å². The quantitative estimate of drug-likeness (QED) is 0.273. The van der Waals surface area contributed by atoms with Gasteiger partial charge in [0, 0.05) is 14.7 Å². The second-order valence-corrected chi connectivity index (χ2v) is 15.2. The molecule has 41 heavy (non-hydrogen) atoms. The normalized spacial score (nSPS) is 13.4. The molecule has 9 heteroatoms. The van der Waals surface area contributed by atoms with Crippen LogP contribution in [0.4, 0.5) is 13.2 Å². The van der Waals surface area contributed by atoms with Gasteiger partial charge in [-0.1, -0.05) is 0 Å². The Balaban J connectivity index is 2.27. The lowest BCUT2D eigenvalue weighted by molar-refractivity contribution is -0.188. The second kappa shape index (κ2) is 11.5. The Morgan fingerprint density at radius 1 is 0.512 bits per heavy atom. The molecule has 0 aliphatic carbocycles. The van der Waals surface area contributed by atoms with Gasteiger partial charge in [-0.3, -0.25) is 0 Å². The molecule has 0 aliphatic heterocycles. The average Bonchev–Trinajstić information content (AvgIpc) is 2.80. The molecular weight excluding hydrogens is 553 g/mol. The SMILES string of the molecule is CC(C)(C)Oc1ccc(S(OC(=O)C(F)(F)F)(c2ccc(OC(C)(C)C)cc2)c2ccc(OC(C)(C)C)cc2)cc1. The van der Waals surface area contributed by atoms with Crippen molar-refractivity contribution in [1.82, 2.24) is 0 Å². The zero-order valence-electron chi connectivity index (χ0n) is 25.0. The molecule has 0 N–H and O–H groups in total. The van der Waals surface area contributed by atoms with Crippen molar-refractivity contribution in [3.8, 4) is 17.2 Å². The summed E-state index contributed by atoms with van der Waals surface area (Å²) < 4.78 is 64.6. The number of rotatable bonds is 7. The highest BCUT2D eigenvalue weighted by Gasteiger charge is 2.47. The van der Waals surface area contributed by atoms with Crippen molar-refractivity contribution < 1.29 is 36.4 Å². The van der Waals surface area contributed by atoms with Crippen LogP contribution in [-0.2, 0) is 8.98 Å². The van der Waals surface area contributed by atoms with Crippen LogP contribution < -0.4 is 14.2 Å². The van der Waals surface area contributed by atoms with Gasteiger partial charge in [-0.25, -0.2) is 4.79 Å². The maximum absolute atomic E-state index is 13.8. The number of carbonyl (C=O) groups excluding carboxylic acids is 1. The van der Waals surface area contributed by atoms with Crippen LogP contribution in [0.2, 0.25) is 0 Å². The van der Waals surface area contributed by atoms with Crippen molar-refractivity contribution in [1.29, 1.82) is 0 Å². The Labute approximate surface area is 242 Å². The summed E-state index contributed by atoms with van der Waals surface area (Å²) in [6.07, 6.45) is -5.21. The molecule has 0 atom stereocenters.